The molecule has 3 aromatic rings. The van der Waals surface area contributed by atoms with Crippen LogP contribution < -0.4 is 10.4 Å². The Labute approximate surface area is 183 Å². The number of alkyl halides is 3. The van der Waals surface area contributed by atoms with E-state index >= 15 is 0 Å². The van der Waals surface area contributed by atoms with E-state index < -0.39 is 33.6 Å². The summed E-state index contributed by atoms with van der Waals surface area (Å²) in [5.74, 6) is 0.307. The van der Waals surface area contributed by atoms with Crippen molar-refractivity contribution in [3.8, 4) is 17.6 Å². The van der Waals surface area contributed by atoms with Gasteiger partial charge in [-0.05, 0) is 31.5 Å². The van der Waals surface area contributed by atoms with E-state index in [9.17, 15) is 27.4 Å². The van der Waals surface area contributed by atoms with Gasteiger partial charge in [0.2, 0.25) is 0 Å². The summed E-state index contributed by atoms with van der Waals surface area (Å²) >= 11 is 0. The molecule has 0 fully saturated rings. The van der Waals surface area contributed by atoms with Crippen molar-refractivity contribution in [1.29, 1.82) is 5.26 Å². The zero-order chi connectivity index (χ0) is 24.0. The molecule has 0 saturated heterocycles. The topological polar surface area (TPSA) is 103 Å². The van der Waals surface area contributed by atoms with Crippen LogP contribution in [0.15, 0.2) is 28.0 Å². The Hall–Kier alpha value is -3.20. The van der Waals surface area contributed by atoms with Crippen LogP contribution in [0.2, 0.25) is 0 Å². The number of aryl methyl sites for hydroxylation is 1. The van der Waals surface area contributed by atoms with Crippen LogP contribution in [-0.2, 0) is 29.4 Å². The number of pyridine rings is 2. The molecular formula is C20H20F3N5O3S. The molecule has 3 heterocycles. The number of nitriles is 1. The molecule has 0 aromatic carbocycles. The molecule has 0 bridgehead atoms. The monoisotopic (exact) mass is 467 g/mol. The van der Waals surface area contributed by atoms with Gasteiger partial charge in [-0.15, -0.1) is 4.73 Å². The standard InChI is InChI=1S/C20H20F3N5O3S/c1-6-32(30)13-7-11(19(2,3)10-24)9-25-15(13)17-26-12-8-14(20(21,22)23)28(31-5)18(29)16(12)27(17)4/h7-9H,6H2,1-5H3. The van der Waals surface area contributed by atoms with Gasteiger partial charge >= 0.3 is 11.7 Å². The van der Waals surface area contributed by atoms with E-state index in [0.717, 1.165) is 7.11 Å². The van der Waals surface area contributed by atoms with Crippen molar-refractivity contribution in [2.45, 2.75) is 37.3 Å². The average molecular weight is 467 g/mol. The van der Waals surface area contributed by atoms with Crippen LogP contribution in [-0.4, -0.2) is 36.3 Å². The van der Waals surface area contributed by atoms with Gasteiger partial charge in [0.05, 0.1) is 32.7 Å². The maximum absolute atomic E-state index is 13.4. The minimum atomic E-state index is -4.85. The van der Waals surface area contributed by atoms with Gasteiger partial charge in [-0.3, -0.25) is 14.0 Å². The second-order valence-corrected chi connectivity index (χ2v) is 9.19. The fraction of sp³-hybridized carbons (Fsp3) is 0.400. The van der Waals surface area contributed by atoms with Gasteiger partial charge in [0.25, 0.3) is 0 Å². The molecule has 0 saturated carbocycles. The summed E-state index contributed by atoms with van der Waals surface area (Å²) in [4.78, 5) is 26.3. The summed E-state index contributed by atoms with van der Waals surface area (Å²) in [6, 6.07) is 4.45. The molecule has 0 amide bonds. The Morgan fingerprint density at radius 3 is 2.47 bits per heavy atom. The van der Waals surface area contributed by atoms with Crippen LogP contribution in [0.25, 0.3) is 22.6 Å². The quantitative estimate of drug-likeness (QED) is 0.572. The lowest BCUT2D eigenvalue weighted by Gasteiger charge is -2.17. The van der Waals surface area contributed by atoms with Crippen molar-refractivity contribution in [2.24, 2.45) is 7.05 Å². The van der Waals surface area contributed by atoms with Gasteiger partial charge in [-0.1, -0.05) is 6.92 Å². The Balaban J connectivity index is 2.37. The van der Waals surface area contributed by atoms with E-state index in [4.69, 9.17) is 0 Å². The van der Waals surface area contributed by atoms with E-state index in [2.05, 4.69) is 20.9 Å². The first-order valence-corrected chi connectivity index (χ1v) is 10.7. The molecule has 8 nitrogen and oxygen atoms in total. The van der Waals surface area contributed by atoms with Crippen LogP contribution >= 0.6 is 0 Å². The average Bonchev–Trinajstić information content (AvgIpc) is 3.08. The molecule has 0 aliphatic rings. The third kappa shape index (κ3) is 3.77. The number of hydrogen-bond acceptors (Lipinski definition) is 6. The predicted octanol–water partition coefficient (Wildman–Crippen LogP) is 2.80. The van der Waals surface area contributed by atoms with Gasteiger partial charge in [0.15, 0.2) is 11.5 Å². The van der Waals surface area contributed by atoms with Gasteiger partial charge in [0.1, 0.15) is 18.3 Å². The minimum Gasteiger partial charge on any atom is -0.413 e. The number of fused-ring (bicyclic) bond motifs is 1. The van der Waals surface area contributed by atoms with Crippen LogP contribution in [0.1, 0.15) is 32.0 Å². The van der Waals surface area contributed by atoms with Crippen molar-refractivity contribution < 1.29 is 22.2 Å². The number of halogens is 3. The fourth-order valence-electron chi connectivity index (χ4n) is 3.21. The van der Waals surface area contributed by atoms with Crippen LogP contribution in [0.4, 0.5) is 13.2 Å². The molecule has 1 atom stereocenters. The maximum Gasteiger partial charge on any atom is 0.435 e. The van der Waals surface area contributed by atoms with Crippen molar-refractivity contribution in [1.82, 2.24) is 19.3 Å². The normalized spacial score (nSPS) is 13.2. The largest absolute Gasteiger partial charge is 0.435 e. The zero-order valence-electron chi connectivity index (χ0n) is 17.9. The predicted molar refractivity (Wildman–Crippen MR) is 111 cm³/mol. The van der Waals surface area contributed by atoms with E-state index in [1.807, 2.05) is 0 Å². The number of imidazole rings is 1. The number of rotatable bonds is 5. The highest BCUT2D eigenvalue weighted by molar-refractivity contribution is 7.85. The van der Waals surface area contributed by atoms with Crippen molar-refractivity contribution in [2.75, 3.05) is 12.9 Å². The van der Waals surface area contributed by atoms with Crippen molar-refractivity contribution in [3.63, 3.8) is 0 Å². The SMILES string of the molecule is CCS(=O)c1cc(C(C)(C)C#N)cnc1-c1nc2cc(C(F)(F)F)n(OC)c(=O)c2n1C. The van der Waals surface area contributed by atoms with Gasteiger partial charge in [0, 0.05) is 19.0 Å². The first-order valence-electron chi connectivity index (χ1n) is 9.42. The highest BCUT2D eigenvalue weighted by Crippen LogP contribution is 2.33. The van der Waals surface area contributed by atoms with E-state index in [1.54, 1.807) is 26.8 Å². The highest BCUT2D eigenvalue weighted by Gasteiger charge is 2.37. The lowest BCUT2D eigenvalue weighted by molar-refractivity contribution is -0.151. The third-order valence-electron chi connectivity index (χ3n) is 5.05. The molecule has 0 spiro atoms. The van der Waals surface area contributed by atoms with Crippen molar-refractivity contribution in [3.05, 3.63) is 39.9 Å². The third-order valence-corrected chi connectivity index (χ3v) is 6.37. The highest BCUT2D eigenvalue weighted by atomic mass is 32.2. The van der Waals surface area contributed by atoms with E-state index in [-0.39, 0.29) is 37.9 Å². The minimum absolute atomic E-state index is 0.0668. The first-order chi connectivity index (χ1) is 14.9. The molecule has 0 aliphatic heterocycles. The molecule has 12 heteroatoms. The fourth-order valence-corrected chi connectivity index (χ4v) is 4.13. The summed E-state index contributed by atoms with van der Waals surface area (Å²) in [6.45, 7) is 5.07. The maximum atomic E-state index is 13.4. The summed E-state index contributed by atoms with van der Waals surface area (Å²) in [7, 11) is 0.886. The summed E-state index contributed by atoms with van der Waals surface area (Å²) in [5.41, 5.74) is -2.91. The molecule has 3 aromatic heterocycles. The Kier molecular flexibility index (Phi) is 5.90. The molecule has 0 aliphatic carbocycles. The van der Waals surface area contributed by atoms with Gasteiger partial charge in [-0.2, -0.15) is 18.4 Å². The smallest absolute Gasteiger partial charge is 0.413 e. The van der Waals surface area contributed by atoms with Gasteiger partial charge in [-0.25, -0.2) is 4.98 Å². The van der Waals surface area contributed by atoms with E-state index in [1.165, 1.54) is 17.8 Å². The molecule has 32 heavy (non-hydrogen) atoms. The zero-order valence-corrected chi connectivity index (χ0v) is 18.8. The lowest BCUT2D eigenvalue weighted by atomic mass is 9.87. The lowest BCUT2D eigenvalue weighted by Crippen LogP contribution is -2.32. The molecular weight excluding hydrogens is 447 g/mol. The van der Waals surface area contributed by atoms with Crippen LogP contribution in [0.3, 0.4) is 0 Å². The number of aromatic nitrogens is 4. The van der Waals surface area contributed by atoms with Crippen LogP contribution in [0.5, 0.6) is 0 Å². The Morgan fingerprint density at radius 1 is 1.28 bits per heavy atom. The first kappa shape index (κ1) is 23.5. The summed E-state index contributed by atoms with van der Waals surface area (Å²) in [6.07, 6.45) is -3.42. The second-order valence-electron chi connectivity index (χ2n) is 7.48. The van der Waals surface area contributed by atoms with Gasteiger partial charge < -0.3 is 9.40 Å². The summed E-state index contributed by atoms with van der Waals surface area (Å²) in [5, 5.41) is 9.42. The van der Waals surface area contributed by atoms with E-state index in [0.29, 0.717) is 11.6 Å². The Bertz CT molecular complexity index is 1340. The second kappa shape index (κ2) is 8.05. The summed E-state index contributed by atoms with van der Waals surface area (Å²) < 4.78 is 54.5. The molecule has 0 radical (unpaired) electrons. The number of hydrogen-bond donors (Lipinski definition) is 0. The Morgan fingerprint density at radius 2 is 1.94 bits per heavy atom. The molecule has 0 N–H and O–H groups in total. The van der Waals surface area contributed by atoms with Crippen LogP contribution in [0, 0.1) is 11.3 Å². The molecule has 1 unspecified atom stereocenters. The number of nitrogens with zero attached hydrogens (tertiary/aromatic N) is 5. The molecule has 170 valence electrons. The van der Waals surface area contributed by atoms with Crippen molar-refractivity contribution >= 4 is 21.8 Å². The molecule has 3 rings (SSSR count).